The van der Waals surface area contributed by atoms with Crippen LogP contribution in [0.5, 0.6) is 0 Å². The molecule has 1 aromatic rings. The average molecular weight is 251 g/mol. The molecule has 4 nitrogen and oxygen atoms in total. The van der Waals surface area contributed by atoms with Crippen molar-refractivity contribution < 1.29 is 4.42 Å². The van der Waals surface area contributed by atoms with Gasteiger partial charge in [-0.05, 0) is 40.1 Å². The molecule has 102 valence electrons. The summed E-state index contributed by atoms with van der Waals surface area (Å²) in [7, 11) is 4.15. The van der Waals surface area contributed by atoms with Crippen molar-refractivity contribution in [1.82, 2.24) is 15.1 Å². The van der Waals surface area contributed by atoms with Gasteiger partial charge in [-0.25, -0.2) is 0 Å². The van der Waals surface area contributed by atoms with E-state index in [4.69, 9.17) is 4.42 Å². The summed E-state index contributed by atoms with van der Waals surface area (Å²) < 4.78 is 5.81. The fraction of sp³-hybridized carbons (Fsp3) is 0.714. The van der Waals surface area contributed by atoms with Crippen LogP contribution in [0, 0.1) is 0 Å². The Balaban J connectivity index is 1.92. The number of nitrogens with one attached hydrogen (secondary N) is 1. The van der Waals surface area contributed by atoms with Gasteiger partial charge in [-0.3, -0.25) is 9.80 Å². The van der Waals surface area contributed by atoms with Gasteiger partial charge in [0.15, 0.2) is 0 Å². The number of rotatable bonds is 4. The van der Waals surface area contributed by atoms with E-state index in [1.54, 1.807) is 0 Å². The Labute approximate surface area is 110 Å². The minimum Gasteiger partial charge on any atom is -0.463 e. The third kappa shape index (κ3) is 3.13. The zero-order valence-electron chi connectivity index (χ0n) is 11.9. The Morgan fingerprint density at radius 2 is 1.83 bits per heavy atom. The van der Waals surface area contributed by atoms with Gasteiger partial charge in [-0.15, -0.1) is 0 Å². The van der Waals surface area contributed by atoms with Crippen molar-refractivity contribution in [2.75, 3.05) is 27.2 Å². The Morgan fingerprint density at radius 3 is 2.44 bits per heavy atom. The molecule has 0 aromatic carbocycles. The minimum absolute atomic E-state index is 0.612. The lowest BCUT2D eigenvalue weighted by molar-refractivity contribution is 0.0516. The maximum Gasteiger partial charge on any atom is 0.118 e. The van der Waals surface area contributed by atoms with E-state index in [0.717, 1.165) is 37.7 Å². The number of hydrogen-bond acceptors (Lipinski definition) is 4. The van der Waals surface area contributed by atoms with Crippen molar-refractivity contribution in [2.24, 2.45) is 0 Å². The third-order valence-corrected chi connectivity index (χ3v) is 3.88. The normalized spacial score (nSPS) is 26.7. The summed E-state index contributed by atoms with van der Waals surface area (Å²) in [5.41, 5.74) is 0. The Bertz CT molecular complexity index is 365. The smallest absolute Gasteiger partial charge is 0.118 e. The molecule has 0 saturated carbocycles. The molecule has 1 fully saturated rings. The molecule has 2 heterocycles. The lowest BCUT2D eigenvalue weighted by atomic mass is 10.1. The summed E-state index contributed by atoms with van der Waals surface area (Å²) in [5.74, 6) is 2.09. The monoisotopic (exact) mass is 251 g/mol. The predicted molar refractivity (Wildman–Crippen MR) is 73.4 cm³/mol. The molecule has 0 bridgehead atoms. The highest BCUT2D eigenvalue weighted by molar-refractivity contribution is 5.07. The maximum atomic E-state index is 5.81. The third-order valence-electron chi connectivity index (χ3n) is 3.88. The van der Waals surface area contributed by atoms with Crippen LogP contribution >= 0.6 is 0 Å². The van der Waals surface area contributed by atoms with Gasteiger partial charge in [0.2, 0.25) is 0 Å². The van der Waals surface area contributed by atoms with Crippen LogP contribution in [0.4, 0.5) is 0 Å². The highest BCUT2D eigenvalue weighted by atomic mass is 16.3. The lowest BCUT2D eigenvalue weighted by Gasteiger charge is -2.42. The molecule has 0 spiro atoms. The zero-order chi connectivity index (χ0) is 13.1. The molecule has 1 aliphatic heterocycles. The molecule has 0 amide bonds. The van der Waals surface area contributed by atoms with E-state index in [-0.39, 0.29) is 0 Å². The molecular formula is C14H25N3O. The van der Waals surface area contributed by atoms with E-state index in [0.29, 0.717) is 12.1 Å². The van der Waals surface area contributed by atoms with Gasteiger partial charge in [0.1, 0.15) is 11.5 Å². The van der Waals surface area contributed by atoms with Crippen LogP contribution in [0.25, 0.3) is 0 Å². The maximum absolute atomic E-state index is 5.81. The topological polar surface area (TPSA) is 31.6 Å². The second-order valence-electron chi connectivity index (χ2n) is 5.46. The summed E-state index contributed by atoms with van der Waals surface area (Å²) in [6.07, 6.45) is 0. The first-order chi connectivity index (χ1) is 8.60. The van der Waals surface area contributed by atoms with Gasteiger partial charge in [0.05, 0.1) is 13.1 Å². The average Bonchev–Trinajstić information content (AvgIpc) is 2.74. The van der Waals surface area contributed by atoms with E-state index < -0.39 is 0 Å². The second-order valence-corrected chi connectivity index (χ2v) is 5.46. The van der Waals surface area contributed by atoms with E-state index in [1.807, 2.05) is 7.05 Å². The van der Waals surface area contributed by atoms with Gasteiger partial charge in [0, 0.05) is 25.2 Å². The lowest BCUT2D eigenvalue weighted by Crippen LogP contribution is -2.54. The van der Waals surface area contributed by atoms with E-state index in [9.17, 15) is 0 Å². The van der Waals surface area contributed by atoms with Crippen LogP contribution in [0.2, 0.25) is 0 Å². The summed E-state index contributed by atoms with van der Waals surface area (Å²) >= 11 is 0. The molecule has 2 atom stereocenters. The van der Waals surface area contributed by atoms with Crippen LogP contribution in [-0.4, -0.2) is 49.1 Å². The van der Waals surface area contributed by atoms with Crippen LogP contribution in [0.3, 0.4) is 0 Å². The number of likely N-dealkylation sites (N-methyl/N-ethyl adjacent to an activating group) is 1. The van der Waals surface area contributed by atoms with Crippen molar-refractivity contribution in [2.45, 2.75) is 39.0 Å². The highest BCUT2D eigenvalue weighted by Gasteiger charge is 2.26. The SMILES string of the molecule is CNCc1ccc(CN2CC(C)N(C)C(C)C2)o1. The fourth-order valence-corrected chi connectivity index (χ4v) is 2.64. The molecule has 0 radical (unpaired) electrons. The van der Waals surface area contributed by atoms with E-state index in [2.05, 4.69) is 48.1 Å². The molecule has 2 rings (SSSR count). The Kier molecular flexibility index (Phi) is 4.43. The van der Waals surface area contributed by atoms with Crippen molar-refractivity contribution in [1.29, 1.82) is 0 Å². The molecule has 1 aromatic heterocycles. The van der Waals surface area contributed by atoms with Crippen LogP contribution in [-0.2, 0) is 13.1 Å². The molecule has 0 aliphatic carbocycles. The predicted octanol–water partition coefficient (Wildman–Crippen LogP) is 1.52. The molecule has 1 aliphatic rings. The first-order valence-electron chi connectivity index (χ1n) is 6.76. The molecule has 4 heteroatoms. The van der Waals surface area contributed by atoms with Gasteiger partial charge < -0.3 is 9.73 Å². The summed E-state index contributed by atoms with van der Waals surface area (Å²) in [5, 5.41) is 3.11. The highest BCUT2D eigenvalue weighted by Crippen LogP contribution is 2.17. The van der Waals surface area contributed by atoms with E-state index >= 15 is 0 Å². The minimum atomic E-state index is 0.612. The fourth-order valence-electron chi connectivity index (χ4n) is 2.64. The summed E-state index contributed by atoms with van der Waals surface area (Å²) in [4.78, 5) is 4.93. The van der Waals surface area contributed by atoms with Crippen molar-refractivity contribution in [3.63, 3.8) is 0 Å². The van der Waals surface area contributed by atoms with Gasteiger partial charge in [0.25, 0.3) is 0 Å². The quantitative estimate of drug-likeness (QED) is 0.879. The standard InChI is InChI=1S/C14H25N3O/c1-11-8-17(9-12(2)16(11)4)10-14-6-5-13(18-14)7-15-3/h5-6,11-12,15H,7-10H2,1-4H3. The van der Waals surface area contributed by atoms with Gasteiger partial charge in [-0.1, -0.05) is 0 Å². The van der Waals surface area contributed by atoms with Crippen molar-refractivity contribution in [3.8, 4) is 0 Å². The Morgan fingerprint density at radius 1 is 1.22 bits per heavy atom. The molecule has 18 heavy (non-hydrogen) atoms. The summed E-state index contributed by atoms with van der Waals surface area (Å²) in [6.45, 7) is 8.53. The largest absolute Gasteiger partial charge is 0.463 e. The van der Waals surface area contributed by atoms with E-state index in [1.165, 1.54) is 0 Å². The van der Waals surface area contributed by atoms with Crippen molar-refractivity contribution >= 4 is 0 Å². The first-order valence-corrected chi connectivity index (χ1v) is 6.76. The number of hydrogen-bond donors (Lipinski definition) is 1. The first kappa shape index (κ1) is 13.6. The van der Waals surface area contributed by atoms with Crippen molar-refractivity contribution in [3.05, 3.63) is 23.7 Å². The second kappa shape index (κ2) is 5.87. The molecule has 1 N–H and O–H groups in total. The summed E-state index contributed by atoms with van der Waals surface area (Å²) in [6, 6.07) is 5.38. The van der Waals surface area contributed by atoms with Crippen LogP contribution in [0.1, 0.15) is 25.4 Å². The van der Waals surface area contributed by atoms with Crippen LogP contribution in [0.15, 0.2) is 16.5 Å². The van der Waals surface area contributed by atoms with Crippen LogP contribution < -0.4 is 5.32 Å². The molecule has 2 unspecified atom stereocenters. The number of nitrogens with zero attached hydrogens (tertiary/aromatic N) is 2. The zero-order valence-corrected chi connectivity index (χ0v) is 11.9. The van der Waals surface area contributed by atoms with Gasteiger partial charge in [-0.2, -0.15) is 0 Å². The Hall–Kier alpha value is -0.840. The molecular weight excluding hydrogens is 226 g/mol. The molecule has 1 saturated heterocycles. The number of furan rings is 1. The van der Waals surface area contributed by atoms with Gasteiger partial charge >= 0.3 is 0 Å². The number of piperazine rings is 1.